The van der Waals surface area contributed by atoms with Gasteiger partial charge in [-0.05, 0) is 44.9 Å². The second-order valence-electron chi connectivity index (χ2n) is 4.90. The zero-order valence-electron chi connectivity index (χ0n) is 8.81. The Morgan fingerprint density at radius 3 is 2.92 bits per heavy atom. The Morgan fingerprint density at radius 1 is 1.46 bits per heavy atom. The average Bonchev–Trinajstić information content (AvgIpc) is 2.11. The normalized spacial score (nSPS) is 40.5. The van der Waals surface area contributed by atoms with Gasteiger partial charge in [-0.2, -0.15) is 0 Å². The molecule has 1 nitrogen and oxygen atoms in total. The topological polar surface area (TPSA) is 9.23 Å². The van der Waals surface area contributed by atoms with Crippen molar-refractivity contribution in [3.8, 4) is 0 Å². The van der Waals surface area contributed by atoms with E-state index >= 15 is 0 Å². The standard InChI is InChI=1S/C12H20O/c1-10-4-3-6-12(8-10)7-5-11(2)9-13-12/h4,11H,3,5-9H2,1-2H3/t11-,12-/m1/s1. The van der Waals surface area contributed by atoms with Crippen LogP contribution >= 0.6 is 0 Å². The fraction of sp³-hybridized carbons (Fsp3) is 0.833. The molecule has 13 heavy (non-hydrogen) atoms. The van der Waals surface area contributed by atoms with Gasteiger partial charge in [0.1, 0.15) is 0 Å². The molecule has 0 amide bonds. The lowest BCUT2D eigenvalue weighted by Crippen LogP contribution is -2.40. The van der Waals surface area contributed by atoms with Gasteiger partial charge in [0.15, 0.2) is 0 Å². The summed E-state index contributed by atoms with van der Waals surface area (Å²) in [6.07, 6.45) is 8.65. The summed E-state index contributed by atoms with van der Waals surface area (Å²) in [7, 11) is 0. The molecule has 0 aromatic carbocycles. The quantitative estimate of drug-likeness (QED) is 0.520. The van der Waals surface area contributed by atoms with E-state index in [9.17, 15) is 0 Å². The first-order chi connectivity index (χ1) is 6.20. The van der Waals surface area contributed by atoms with Crippen LogP contribution < -0.4 is 0 Å². The van der Waals surface area contributed by atoms with Gasteiger partial charge in [-0.3, -0.25) is 0 Å². The fourth-order valence-corrected chi connectivity index (χ4v) is 2.57. The van der Waals surface area contributed by atoms with Crippen LogP contribution in [0.3, 0.4) is 0 Å². The molecule has 2 atom stereocenters. The molecular formula is C12H20O. The molecule has 1 spiro atoms. The molecule has 0 aromatic heterocycles. The molecule has 0 bridgehead atoms. The third-order valence-corrected chi connectivity index (χ3v) is 3.46. The molecule has 0 saturated carbocycles. The van der Waals surface area contributed by atoms with Gasteiger partial charge in [0.25, 0.3) is 0 Å². The van der Waals surface area contributed by atoms with Crippen LogP contribution in [0.15, 0.2) is 11.6 Å². The molecule has 1 aliphatic carbocycles. The SMILES string of the molecule is CC1=CCC[C@@]2(CC[C@@H](C)CO2)C1. The van der Waals surface area contributed by atoms with E-state index in [1.54, 1.807) is 0 Å². The first-order valence-electron chi connectivity index (χ1n) is 5.50. The summed E-state index contributed by atoms with van der Waals surface area (Å²) in [6, 6.07) is 0. The van der Waals surface area contributed by atoms with Gasteiger partial charge in [-0.15, -0.1) is 0 Å². The van der Waals surface area contributed by atoms with E-state index in [4.69, 9.17) is 4.74 Å². The number of allylic oxidation sites excluding steroid dienone is 1. The maximum absolute atomic E-state index is 6.05. The molecule has 1 saturated heterocycles. The maximum atomic E-state index is 6.05. The van der Waals surface area contributed by atoms with Crippen LogP contribution in [-0.4, -0.2) is 12.2 Å². The number of hydrogen-bond acceptors (Lipinski definition) is 1. The van der Waals surface area contributed by atoms with E-state index in [1.807, 2.05) is 0 Å². The van der Waals surface area contributed by atoms with Crippen molar-refractivity contribution < 1.29 is 4.74 Å². The van der Waals surface area contributed by atoms with Gasteiger partial charge in [0, 0.05) is 6.61 Å². The highest BCUT2D eigenvalue weighted by Crippen LogP contribution is 2.39. The van der Waals surface area contributed by atoms with E-state index in [0.29, 0.717) is 0 Å². The van der Waals surface area contributed by atoms with Gasteiger partial charge in [0.2, 0.25) is 0 Å². The predicted octanol–water partition coefficient (Wildman–Crippen LogP) is 3.30. The van der Waals surface area contributed by atoms with Crippen molar-refractivity contribution in [3.05, 3.63) is 11.6 Å². The summed E-state index contributed by atoms with van der Waals surface area (Å²) >= 11 is 0. The Bertz CT molecular complexity index is 209. The molecule has 0 radical (unpaired) electrons. The Kier molecular flexibility index (Phi) is 2.46. The molecule has 2 aliphatic rings. The third kappa shape index (κ3) is 1.96. The summed E-state index contributed by atoms with van der Waals surface area (Å²) in [5.74, 6) is 0.775. The molecule has 1 heterocycles. The largest absolute Gasteiger partial charge is 0.374 e. The van der Waals surface area contributed by atoms with Gasteiger partial charge in [-0.1, -0.05) is 18.6 Å². The van der Waals surface area contributed by atoms with Gasteiger partial charge in [-0.25, -0.2) is 0 Å². The minimum atomic E-state index is 0.241. The summed E-state index contributed by atoms with van der Waals surface area (Å²) in [5, 5.41) is 0. The molecule has 2 rings (SSSR count). The zero-order chi connectivity index (χ0) is 9.31. The van der Waals surface area contributed by atoms with Crippen molar-refractivity contribution in [3.63, 3.8) is 0 Å². The van der Waals surface area contributed by atoms with Crippen LogP contribution in [0.25, 0.3) is 0 Å². The molecule has 1 aliphatic heterocycles. The lowest BCUT2D eigenvalue weighted by Gasteiger charge is -2.41. The van der Waals surface area contributed by atoms with E-state index in [1.165, 1.54) is 37.7 Å². The second-order valence-corrected chi connectivity index (χ2v) is 4.90. The van der Waals surface area contributed by atoms with E-state index < -0.39 is 0 Å². The minimum absolute atomic E-state index is 0.241. The summed E-state index contributed by atoms with van der Waals surface area (Å²) in [6.45, 7) is 5.51. The highest BCUT2D eigenvalue weighted by Gasteiger charge is 2.36. The van der Waals surface area contributed by atoms with Crippen molar-refractivity contribution in [1.82, 2.24) is 0 Å². The summed E-state index contributed by atoms with van der Waals surface area (Å²) in [5.41, 5.74) is 1.77. The monoisotopic (exact) mass is 180 g/mol. The van der Waals surface area contributed by atoms with Crippen LogP contribution in [-0.2, 0) is 4.74 Å². The van der Waals surface area contributed by atoms with E-state index in [-0.39, 0.29) is 5.60 Å². The van der Waals surface area contributed by atoms with Crippen LogP contribution in [0.5, 0.6) is 0 Å². The van der Waals surface area contributed by atoms with Crippen LogP contribution in [0.1, 0.15) is 46.0 Å². The first kappa shape index (κ1) is 9.26. The van der Waals surface area contributed by atoms with Crippen LogP contribution in [0.2, 0.25) is 0 Å². The van der Waals surface area contributed by atoms with Gasteiger partial charge >= 0.3 is 0 Å². The highest BCUT2D eigenvalue weighted by molar-refractivity contribution is 5.10. The Balaban J connectivity index is 2.01. The Hall–Kier alpha value is -0.300. The van der Waals surface area contributed by atoms with Gasteiger partial charge in [0.05, 0.1) is 5.60 Å². The molecule has 0 unspecified atom stereocenters. The Labute approximate surface area is 81.2 Å². The van der Waals surface area contributed by atoms with Crippen molar-refractivity contribution in [2.75, 3.05) is 6.61 Å². The van der Waals surface area contributed by atoms with Crippen molar-refractivity contribution in [2.24, 2.45) is 5.92 Å². The summed E-state index contributed by atoms with van der Waals surface area (Å²) < 4.78 is 6.05. The summed E-state index contributed by atoms with van der Waals surface area (Å²) in [4.78, 5) is 0. The molecular weight excluding hydrogens is 160 g/mol. The average molecular weight is 180 g/mol. The second kappa shape index (κ2) is 3.45. The number of ether oxygens (including phenoxy) is 1. The lowest BCUT2D eigenvalue weighted by atomic mass is 9.78. The first-order valence-corrected chi connectivity index (χ1v) is 5.50. The minimum Gasteiger partial charge on any atom is -0.374 e. The highest BCUT2D eigenvalue weighted by atomic mass is 16.5. The van der Waals surface area contributed by atoms with Crippen LogP contribution in [0.4, 0.5) is 0 Å². The van der Waals surface area contributed by atoms with E-state index in [0.717, 1.165) is 12.5 Å². The van der Waals surface area contributed by atoms with Crippen molar-refractivity contribution in [2.45, 2.75) is 51.6 Å². The smallest absolute Gasteiger partial charge is 0.0722 e. The third-order valence-electron chi connectivity index (χ3n) is 3.46. The number of rotatable bonds is 0. The zero-order valence-corrected chi connectivity index (χ0v) is 8.81. The molecule has 0 aromatic rings. The lowest BCUT2D eigenvalue weighted by molar-refractivity contribution is -0.104. The Morgan fingerprint density at radius 2 is 2.31 bits per heavy atom. The molecule has 74 valence electrons. The van der Waals surface area contributed by atoms with Crippen LogP contribution in [0, 0.1) is 5.92 Å². The van der Waals surface area contributed by atoms with E-state index in [2.05, 4.69) is 19.9 Å². The number of hydrogen-bond donors (Lipinski definition) is 0. The van der Waals surface area contributed by atoms with Crippen molar-refractivity contribution in [1.29, 1.82) is 0 Å². The molecule has 1 fully saturated rings. The van der Waals surface area contributed by atoms with Crippen molar-refractivity contribution >= 4 is 0 Å². The predicted molar refractivity (Wildman–Crippen MR) is 54.7 cm³/mol. The fourth-order valence-electron chi connectivity index (χ4n) is 2.57. The molecule has 1 heteroatoms. The molecule has 0 N–H and O–H groups in total. The van der Waals surface area contributed by atoms with Gasteiger partial charge < -0.3 is 4.74 Å². The maximum Gasteiger partial charge on any atom is 0.0722 e.